The van der Waals surface area contributed by atoms with E-state index in [2.05, 4.69) is 27.4 Å². The molecule has 1 amide bonds. The van der Waals surface area contributed by atoms with Crippen LogP contribution in [0.3, 0.4) is 0 Å². The van der Waals surface area contributed by atoms with E-state index in [4.69, 9.17) is 0 Å². The first kappa shape index (κ1) is 20.2. The molecule has 0 saturated carbocycles. The van der Waals surface area contributed by atoms with E-state index in [0.29, 0.717) is 17.8 Å². The maximum absolute atomic E-state index is 12.4. The van der Waals surface area contributed by atoms with Gasteiger partial charge in [-0.25, -0.2) is 4.39 Å². The summed E-state index contributed by atoms with van der Waals surface area (Å²) >= 11 is 1.11. The molecule has 1 aromatic carbocycles. The number of carbonyl (C=O) groups excluding carboxylic acids is 2. The molecule has 0 aliphatic rings. The summed E-state index contributed by atoms with van der Waals surface area (Å²) in [7, 11) is 0. The second-order valence-electron chi connectivity index (χ2n) is 5.33. The second kappa shape index (κ2) is 10.1. The van der Waals surface area contributed by atoms with E-state index in [1.807, 2.05) is 13.0 Å². The number of hydrogen-bond acceptors (Lipinski definition) is 6. The molecule has 1 heterocycles. The third kappa shape index (κ3) is 5.68. The van der Waals surface area contributed by atoms with Crippen LogP contribution in [0.25, 0.3) is 5.57 Å². The zero-order chi connectivity index (χ0) is 19.6. The molecule has 0 unspecified atom stereocenters. The molecule has 2 rings (SSSR count). The van der Waals surface area contributed by atoms with Gasteiger partial charge in [-0.15, -0.1) is 10.2 Å². The van der Waals surface area contributed by atoms with Crippen molar-refractivity contribution in [2.45, 2.75) is 6.92 Å². The Hall–Kier alpha value is -3.13. The van der Waals surface area contributed by atoms with Gasteiger partial charge in [0.15, 0.2) is 0 Å². The van der Waals surface area contributed by atoms with Crippen molar-refractivity contribution in [3.8, 4) is 0 Å². The van der Waals surface area contributed by atoms with E-state index in [9.17, 15) is 14.0 Å². The van der Waals surface area contributed by atoms with Crippen molar-refractivity contribution < 1.29 is 14.0 Å². The molecule has 0 bridgehead atoms. The van der Waals surface area contributed by atoms with Crippen molar-refractivity contribution in [1.29, 1.82) is 0 Å². The number of rotatable bonds is 9. The molecule has 8 heteroatoms. The highest BCUT2D eigenvalue weighted by Crippen LogP contribution is 2.24. The lowest BCUT2D eigenvalue weighted by Crippen LogP contribution is -2.23. The SMILES string of the molecule is C=C(C(=O)C(=O)Nc1nncs1)c1ccccc1NCC(/C=C\CF)=C/C. The Labute approximate surface area is 160 Å². The molecule has 0 fully saturated rings. The molecule has 27 heavy (non-hydrogen) atoms. The third-order valence-electron chi connectivity index (χ3n) is 3.59. The molecular weight excluding hydrogens is 367 g/mol. The number of ketones is 1. The fraction of sp³-hybridized carbons (Fsp3) is 0.158. The number of nitrogens with zero attached hydrogens (tertiary/aromatic N) is 2. The van der Waals surface area contributed by atoms with Crippen LogP contribution in [0.1, 0.15) is 12.5 Å². The molecule has 6 nitrogen and oxygen atoms in total. The summed E-state index contributed by atoms with van der Waals surface area (Å²) in [5.74, 6) is -1.59. The standard InChI is InChI=1S/C19H19FN4O2S/c1-3-14(7-6-10-20)11-21-16-9-5-4-8-15(16)13(2)17(25)18(26)23-19-24-22-12-27-19/h3-9,12,21H,2,10-11H2,1H3,(H,23,24,26)/b7-6-,14-3+. The minimum Gasteiger partial charge on any atom is -0.380 e. The number of carbonyl (C=O) groups is 2. The molecule has 0 saturated heterocycles. The van der Waals surface area contributed by atoms with Crippen LogP contribution < -0.4 is 10.6 Å². The summed E-state index contributed by atoms with van der Waals surface area (Å²) in [5, 5.41) is 13.1. The number of halogens is 1. The predicted molar refractivity (Wildman–Crippen MR) is 106 cm³/mol. The van der Waals surface area contributed by atoms with Gasteiger partial charge in [0, 0.05) is 23.4 Å². The Morgan fingerprint density at radius 2 is 2.11 bits per heavy atom. The van der Waals surface area contributed by atoms with Gasteiger partial charge in [-0.05, 0) is 18.6 Å². The van der Waals surface area contributed by atoms with E-state index in [1.54, 1.807) is 30.3 Å². The normalized spacial score (nSPS) is 11.4. The molecule has 2 N–H and O–H groups in total. The van der Waals surface area contributed by atoms with Crippen LogP contribution in [-0.2, 0) is 9.59 Å². The van der Waals surface area contributed by atoms with Crippen molar-refractivity contribution in [3.63, 3.8) is 0 Å². The van der Waals surface area contributed by atoms with Gasteiger partial charge in [0.1, 0.15) is 12.2 Å². The summed E-state index contributed by atoms with van der Waals surface area (Å²) in [6, 6.07) is 7.04. The quantitative estimate of drug-likeness (QED) is 0.390. The van der Waals surface area contributed by atoms with Gasteiger partial charge in [0.2, 0.25) is 5.13 Å². The first-order chi connectivity index (χ1) is 13.1. The lowest BCUT2D eigenvalue weighted by atomic mass is 10.0. The fourth-order valence-electron chi connectivity index (χ4n) is 2.19. The lowest BCUT2D eigenvalue weighted by molar-refractivity contribution is -0.131. The van der Waals surface area contributed by atoms with Gasteiger partial charge < -0.3 is 5.32 Å². The van der Waals surface area contributed by atoms with Gasteiger partial charge in [-0.3, -0.25) is 14.9 Å². The third-order valence-corrected chi connectivity index (χ3v) is 4.19. The maximum Gasteiger partial charge on any atom is 0.298 e. The minimum absolute atomic E-state index is 0.0569. The molecule has 0 radical (unpaired) electrons. The molecule has 1 aromatic heterocycles. The van der Waals surface area contributed by atoms with E-state index in [1.165, 1.54) is 11.6 Å². The smallest absolute Gasteiger partial charge is 0.298 e. The molecule has 2 aromatic rings. The summed E-state index contributed by atoms with van der Waals surface area (Å²) in [6.07, 6.45) is 4.96. The van der Waals surface area contributed by atoms with Gasteiger partial charge >= 0.3 is 0 Å². The summed E-state index contributed by atoms with van der Waals surface area (Å²) in [4.78, 5) is 24.5. The summed E-state index contributed by atoms with van der Waals surface area (Å²) in [5.41, 5.74) is 3.55. The molecule has 0 atom stereocenters. The molecule has 0 spiro atoms. The number of amides is 1. The van der Waals surface area contributed by atoms with Crippen molar-refractivity contribution in [1.82, 2.24) is 10.2 Å². The Morgan fingerprint density at radius 1 is 1.33 bits per heavy atom. The number of benzene rings is 1. The molecule has 140 valence electrons. The van der Waals surface area contributed by atoms with Crippen LogP contribution in [0.5, 0.6) is 0 Å². The van der Waals surface area contributed by atoms with Crippen LogP contribution in [-0.4, -0.2) is 35.1 Å². The monoisotopic (exact) mass is 386 g/mol. The minimum atomic E-state index is -0.827. The number of para-hydroxylation sites is 1. The average Bonchev–Trinajstić information content (AvgIpc) is 3.20. The zero-order valence-electron chi connectivity index (χ0n) is 14.7. The van der Waals surface area contributed by atoms with Gasteiger partial charge in [0.05, 0.1) is 0 Å². The van der Waals surface area contributed by atoms with Crippen LogP contribution in [0, 0.1) is 0 Å². The van der Waals surface area contributed by atoms with Gasteiger partial charge in [-0.1, -0.05) is 54.3 Å². The first-order valence-electron chi connectivity index (χ1n) is 8.08. The number of alkyl halides is 1. The van der Waals surface area contributed by atoms with Crippen LogP contribution >= 0.6 is 11.3 Å². The lowest BCUT2D eigenvalue weighted by Gasteiger charge is -2.13. The van der Waals surface area contributed by atoms with Crippen LogP contribution in [0.15, 0.2) is 60.2 Å². The molecule has 0 aliphatic heterocycles. The van der Waals surface area contributed by atoms with Crippen molar-refractivity contribution in [3.05, 3.63) is 65.7 Å². The van der Waals surface area contributed by atoms with E-state index in [0.717, 1.165) is 16.9 Å². The largest absolute Gasteiger partial charge is 0.380 e. The molecule has 0 aliphatic carbocycles. The highest BCUT2D eigenvalue weighted by Gasteiger charge is 2.21. The van der Waals surface area contributed by atoms with Crippen LogP contribution in [0.2, 0.25) is 0 Å². The highest BCUT2D eigenvalue weighted by molar-refractivity contribution is 7.13. The Balaban J connectivity index is 2.11. The van der Waals surface area contributed by atoms with Crippen LogP contribution in [0.4, 0.5) is 15.2 Å². The fourth-order valence-corrected chi connectivity index (χ4v) is 2.63. The first-order valence-corrected chi connectivity index (χ1v) is 8.96. The number of nitrogens with one attached hydrogen (secondary N) is 2. The number of hydrogen-bond donors (Lipinski definition) is 2. The topological polar surface area (TPSA) is 84.0 Å². The number of allylic oxidation sites excluding steroid dienone is 2. The van der Waals surface area contributed by atoms with E-state index < -0.39 is 18.4 Å². The zero-order valence-corrected chi connectivity index (χ0v) is 15.6. The van der Waals surface area contributed by atoms with Crippen molar-refractivity contribution in [2.24, 2.45) is 0 Å². The predicted octanol–water partition coefficient (Wildman–Crippen LogP) is 3.64. The maximum atomic E-state index is 12.4. The van der Waals surface area contributed by atoms with Gasteiger partial charge in [-0.2, -0.15) is 0 Å². The summed E-state index contributed by atoms with van der Waals surface area (Å²) in [6.45, 7) is 5.52. The molecular formula is C19H19FN4O2S. The second-order valence-corrected chi connectivity index (χ2v) is 6.16. The highest BCUT2D eigenvalue weighted by atomic mass is 32.1. The van der Waals surface area contributed by atoms with E-state index in [-0.39, 0.29) is 10.7 Å². The van der Waals surface area contributed by atoms with E-state index >= 15 is 0 Å². The van der Waals surface area contributed by atoms with Gasteiger partial charge in [0.25, 0.3) is 11.7 Å². The average molecular weight is 386 g/mol. The summed E-state index contributed by atoms with van der Waals surface area (Å²) < 4.78 is 12.3. The Bertz CT molecular complexity index is 876. The number of aromatic nitrogens is 2. The Morgan fingerprint density at radius 3 is 2.78 bits per heavy atom. The number of anilines is 2. The van der Waals surface area contributed by atoms with Crippen molar-refractivity contribution in [2.75, 3.05) is 23.9 Å². The van der Waals surface area contributed by atoms with Crippen molar-refractivity contribution >= 4 is 39.4 Å². The number of Topliss-reactive ketones (excluding diaryl/α,β-unsaturated/α-hetero) is 1. The Kier molecular flexibility index (Phi) is 7.57.